The van der Waals surface area contributed by atoms with Crippen LogP contribution in [0.4, 0.5) is 10.1 Å². The maximum atomic E-state index is 13.3. The molecule has 2 aromatic rings. The third kappa shape index (κ3) is 3.57. The zero-order valence-corrected chi connectivity index (χ0v) is 16.2. The van der Waals surface area contributed by atoms with Crippen LogP contribution in [0.1, 0.15) is 18.4 Å². The van der Waals surface area contributed by atoms with Crippen molar-refractivity contribution in [3.05, 3.63) is 58.9 Å². The molecular weight excluding hydrogens is 391 g/mol. The van der Waals surface area contributed by atoms with Gasteiger partial charge in [0.15, 0.2) is 0 Å². The van der Waals surface area contributed by atoms with Crippen LogP contribution in [0.25, 0.3) is 0 Å². The average molecular weight is 411 g/mol. The Morgan fingerprint density at radius 3 is 2.59 bits per heavy atom. The van der Waals surface area contributed by atoms with E-state index in [2.05, 4.69) is 17.0 Å². The number of rotatable bonds is 3. The zero-order chi connectivity index (χ0) is 19.0. The molecule has 1 saturated heterocycles. The number of hydrogen-bond acceptors (Lipinski definition) is 4. The van der Waals surface area contributed by atoms with Crippen LogP contribution in [0.3, 0.4) is 0 Å². The van der Waals surface area contributed by atoms with E-state index in [1.807, 2.05) is 12.1 Å². The predicted molar refractivity (Wildman–Crippen MR) is 102 cm³/mol. The minimum absolute atomic E-state index is 0.0269. The molecule has 4 rings (SSSR count). The molecule has 2 heterocycles. The lowest BCUT2D eigenvalue weighted by molar-refractivity contribution is 0.0988. The normalized spacial score (nSPS) is 19.1. The van der Waals surface area contributed by atoms with Gasteiger partial charge < -0.3 is 9.64 Å². The number of para-hydroxylation sites is 1. The quantitative estimate of drug-likeness (QED) is 0.775. The average Bonchev–Trinajstić information content (AvgIpc) is 2.69. The van der Waals surface area contributed by atoms with Gasteiger partial charge in [-0.25, -0.2) is 12.8 Å². The maximum absolute atomic E-state index is 13.3. The van der Waals surface area contributed by atoms with Crippen LogP contribution in [-0.4, -0.2) is 38.6 Å². The molecule has 2 aliphatic heterocycles. The third-order valence-corrected chi connectivity index (χ3v) is 7.37. The van der Waals surface area contributed by atoms with Crippen LogP contribution in [0.2, 0.25) is 5.02 Å². The topological polar surface area (TPSA) is 49.9 Å². The van der Waals surface area contributed by atoms with Gasteiger partial charge in [0.2, 0.25) is 10.0 Å². The van der Waals surface area contributed by atoms with Gasteiger partial charge in [-0.05, 0) is 37.1 Å². The highest BCUT2D eigenvalue weighted by Crippen LogP contribution is 2.32. The Hall–Kier alpha value is -1.67. The largest absolute Gasteiger partial charge is 0.356 e. The van der Waals surface area contributed by atoms with Crippen molar-refractivity contribution in [1.82, 2.24) is 4.31 Å². The second-order valence-corrected chi connectivity index (χ2v) is 9.13. The van der Waals surface area contributed by atoms with Gasteiger partial charge in [-0.2, -0.15) is 4.31 Å². The molecule has 27 heavy (non-hydrogen) atoms. The summed E-state index contributed by atoms with van der Waals surface area (Å²) < 4.78 is 46.2. The molecule has 0 N–H and O–H groups in total. The van der Waals surface area contributed by atoms with E-state index < -0.39 is 15.8 Å². The molecular formula is C19H20ClFN2O3S. The van der Waals surface area contributed by atoms with Gasteiger partial charge in [0.05, 0.1) is 16.5 Å². The lowest BCUT2D eigenvalue weighted by atomic mass is 10.0. The Labute approximate surface area is 163 Å². The van der Waals surface area contributed by atoms with E-state index in [-0.39, 0.29) is 16.0 Å². The summed E-state index contributed by atoms with van der Waals surface area (Å²) in [4.78, 5) is 2.25. The highest BCUT2D eigenvalue weighted by molar-refractivity contribution is 7.89. The number of ether oxygens (including phenoxy) is 1. The zero-order valence-electron chi connectivity index (χ0n) is 14.6. The van der Waals surface area contributed by atoms with Gasteiger partial charge in [-0.15, -0.1) is 0 Å². The number of benzene rings is 2. The van der Waals surface area contributed by atoms with Crippen LogP contribution in [0, 0.1) is 5.82 Å². The van der Waals surface area contributed by atoms with Gasteiger partial charge in [-0.3, -0.25) is 0 Å². The van der Waals surface area contributed by atoms with Crippen molar-refractivity contribution in [3.63, 3.8) is 0 Å². The number of nitrogens with zero attached hydrogens (tertiary/aromatic N) is 2. The summed E-state index contributed by atoms with van der Waals surface area (Å²) in [7, 11) is -3.68. The molecule has 0 unspecified atom stereocenters. The van der Waals surface area contributed by atoms with Crippen LogP contribution in [-0.2, 0) is 21.4 Å². The van der Waals surface area contributed by atoms with Gasteiger partial charge >= 0.3 is 0 Å². The molecule has 0 spiro atoms. The van der Waals surface area contributed by atoms with E-state index in [9.17, 15) is 12.8 Å². The molecule has 8 heteroatoms. The molecule has 0 bridgehead atoms. The highest BCUT2D eigenvalue weighted by Gasteiger charge is 2.33. The lowest BCUT2D eigenvalue weighted by Gasteiger charge is -2.41. The number of fused-ring (bicyclic) bond motifs is 1. The molecule has 1 fully saturated rings. The van der Waals surface area contributed by atoms with Crippen molar-refractivity contribution >= 4 is 27.3 Å². The van der Waals surface area contributed by atoms with Gasteiger partial charge in [0, 0.05) is 30.4 Å². The van der Waals surface area contributed by atoms with Crippen molar-refractivity contribution < 1.29 is 17.5 Å². The summed E-state index contributed by atoms with van der Waals surface area (Å²) in [6.45, 7) is 1.93. The number of sulfonamides is 1. The van der Waals surface area contributed by atoms with Crippen LogP contribution in [0.15, 0.2) is 47.4 Å². The third-order valence-electron chi connectivity index (χ3n) is 5.18. The summed E-state index contributed by atoms with van der Waals surface area (Å²) in [5, 5.41) is -0.187. The Kier molecular flexibility index (Phi) is 5.11. The number of halogens is 2. The molecule has 0 saturated carbocycles. The molecule has 0 aromatic heterocycles. The Morgan fingerprint density at radius 1 is 1.11 bits per heavy atom. The van der Waals surface area contributed by atoms with E-state index in [0.29, 0.717) is 39.3 Å². The standard InChI is InChI=1S/C19H20ClFN2O3S/c20-17-11-16(5-6-18(17)21)27(24,25)22-9-7-15(8-10-22)23-13-26-12-14-3-1-2-4-19(14)23/h1-6,11,15H,7-10,12-13H2. The number of piperidine rings is 1. The van der Waals surface area contributed by atoms with Crippen molar-refractivity contribution in [3.8, 4) is 0 Å². The van der Waals surface area contributed by atoms with Crippen LogP contribution >= 0.6 is 11.6 Å². The van der Waals surface area contributed by atoms with Crippen molar-refractivity contribution in [2.24, 2.45) is 0 Å². The molecule has 2 aliphatic rings. The number of hydrogen-bond donors (Lipinski definition) is 0. The molecule has 0 amide bonds. The molecule has 5 nitrogen and oxygen atoms in total. The first-order valence-corrected chi connectivity index (χ1v) is 10.7. The monoisotopic (exact) mass is 410 g/mol. The summed E-state index contributed by atoms with van der Waals surface area (Å²) in [5.74, 6) is -0.627. The maximum Gasteiger partial charge on any atom is 0.243 e. The van der Waals surface area contributed by atoms with Crippen molar-refractivity contribution in [2.45, 2.75) is 30.4 Å². The summed E-state index contributed by atoms with van der Waals surface area (Å²) in [6, 6.07) is 11.9. The molecule has 0 aliphatic carbocycles. The fraction of sp³-hybridized carbons (Fsp3) is 0.368. The van der Waals surface area contributed by atoms with E-state index >= 15 is 0 Å². The summed E-state index contributed by atoms with van der Waals surface area (Å²) >= 11 is 5.75. The molecule has 0 radical (unpaired) electrons. The number of anilines is 1. The van der Waals surface area contributed by atoms with Crippen molar-refractivity contribution in [1.29, 1.82) is 0 Å². The second-order valence-electron chi connectivity index (χ2n) is 6.79. The lowest BCUT2D eigenvalue weighted by Crippen LogP contribution is -2.48. The Bertz CT molecular complexity index is 946. The fourth-order valence-corrected chi connectivity index (χ4v) is 5.46. The van der Waals surface area contributed by atoms with Crippen molar-refractivity contribution in [2.75, 3.05) is 24.7 Å². The van der Waals surface area contributed by atoms with Crippen LogP contribution in [0.5, 0.6) is 0 Å². The Morgan fingerprint density at radius 2 is 1.85 bits per heavy atom. The smallest absolute Gasteiger partial charge is 0.243 e. The van der Waals surface area contributed by atoms with Gasteiger partial charge in [-0.1, -0.05) is 29.8 Å². The summed E-state index contributed by atoms with van der Waals surface area (Å²) in [6.07, 6.45) is 1.40. The fourth-order valence-electron chi connectivity index (χ4n) is 3.72. The van der Waals surface area contributed by atoms with Gasteiger partial charge in [0.25, 0.3) is 0 Å². The second kappa shape index (κ2) is 7.39. The van der Waals surface area contributed by atoms with Gasteiger partial charge in [0.1, 0.15) is 12.5 Å². The van der Waals surface area contributed by atoms with E-state index in [1.165, 1.54) is 16.4 Å². The SMILES string of the molecule is O=S(=O)(c1ccc(F)c(Cl)c1)N1CCC(N2COCc3ccccc32)CC1. The Balaban J connectivity index is 1.48. The predicted octanol–water partition coefficient (Wildman–Crippen LogP) is 3.63. The first-order valence-electron chi connectivity index (χ1n) is 8.84. The minimum atomic E-state index is -3.68. The minimum Gasteiger partial charge on any atom is -0.356 e. The molecule has 0 atom stereocenters. The highest BCUT2D eigenvalue weighted by atomic mass is 35.5. The van der Waals surface area contributed by atoms with Crippen LogP contribution < -0.4 is 4.90 Å². The first-order chi connectivity index (χ1) is 13.0. The van der Waals surface area contributed by atoms with E-state index in [4.69, 9.17) is 16.3 Å². The van der Waals surface area contributed by atoms with E-state index in [1.54, 1.807) is 0 Å². The van der Waals surface area contributed by atoms with E-state index in [0.717, 1.165) is 17.3 Å². The first kappa shape index (κ1) is 18.7. The summed E-state index contributed by atoms with van der Waals surface area (Å²) in [5.41, 5.74) is 2.31. The molecule has 144 valence electrons. The molecule has 2 aromatic carbocycles.